The molecule has 0 bridgehead atoms. The molecule has 2 rings (SSSR count). The van der Waals surface area contributed by atoms with Crippen LogP contribution >= 0.6 is 0 Å². The predicted octanol–water partition coefficient (Wildman–Crippen LogP) is 3.73. The average Bonchev–Trinajstić information content (AvgIpc) is 2.46. The Kier molecular flexibility index (Phi) is 4.57. The van der Waals surface area contributed by atoms with Gasteiger partial charge in [0.2, 0.25) is 0 Å². The van der Waals surface area contributed by atoms with Gasteiger partial charge >= 0.3 is 0 Å². The van der Waals surface area contributed by atoms with Crippen LogP contribution in [0.4, 0.5) is 17.1 Å². The monoisotopic (exact) mass is 287 g/mol. The molecule has 108 valence electrons. The number of nitrogens with zero attached hydrogens (tertiary/aromatic N) is 3. The predicted molar refractivity (Wildman–Crippen MR) is 76.0 cm³/mol. The van der Waals surface area contributed by atoms with Crippen LogP contribution in [0.15, 0.2) is 58.8 Å². The SMILES string of the molecule is CC(O)Oc1ccc(N=Nc2ccc([N+](=O)[O-])cc2)cc1. The van der Waals surface area contributed by atoms with E-state index in [2.05, 4.69) is 10.2 Å². The van der Waals surface area contributed by atoms with E-state index in [1.165, 1.54) is 31.2 Å². The van der Waals surface area contributed by atoms with Crippen LogP contribution in [-0.4, -0.2) is 16.3 Å². The number of nitro groups is 1. The van der Waals surface area contributed by atoms with Gasteiger partial charge in [0.25, 0.3) is 5.69 Å². The van der Waals surface area contributed by atoms with Crippen molar-refractivity contribution in [1.29, 1.82) is 0 Å². The fourth-order valence-electron chi connectivity index (χ4n) is 1.54. The summed E-state index contributed by atoms with van der Waals surface area (Å²) < 4.78 is 5.09. The highest BCUT2D eigenvalue weighted by molar-refractivity contribution is 5.45. The molecule has 0 saturated heterocycles. The average molecular weight is 287 g/mol. The van der Waals surface area contributed by atoms with Gasteiger partial charge in [-0.15, -0.1) is 0 Å². The van der Waals surface area contributed by atoms with Crippen LogP contribution in [0.5, 0.6) is 5.75 Å². The van der Waals surface area contributed by atoms with Gasteiger partial charge in [0.05, 0.1) is 16.3 Å². The molecule has 0 heterocycles. The second-order valence-electron chi connectivity index (χ2n) is 4.18. The van der Waals surface area contributed by atoms with E-state index in [-0.39, 0.29) is 5.69 Å². The zero-order valence-electron chi connectivity index (χ0n) is 11.2. The summed E-state index contributed by atoms with van der Waals surface area (Å²) in [6.45, 7) is 1.52. The van der Waals surface area contributed by atoms with Gasteiger partial charge in [-0.1, -0.05) is 0 Å². The lowest BCUT2D eigenvalue weighted by Crippen LogP contribution is -2.09. The fourth-order valence-corrected chi connectivity index (χ4v) is 1.54. The first-order chi connectivity index (χ1) is 10.0. The van der Waals surface area contributed by atoms with Gasteiger partial charge in [0, 0.05) is 12.1 Å². The van der Waals surface area contributed by atoms with Crippen LogP contribution in [0.25, 0.3) is 0 Å². The molecule has 2 aromatic carbocycles. The summed E-state index contributed by atoms with van der Waals surface area (Å²) in [6.07, 6.45) is -0.877. The maximum absolute atomic E-state index is 10.5. The Morgan fingerprint density at radius 1 is 1.05 bits per heavy atom. The zero-order valence-corrected chi connectivity index (χ0v) is 11.2. The molecule has 1 N–H and O–H groups in total. The minimum absolute atomic E-state index is 0.00794. The number of non-ortho nitro benzene ring substituents is 1. The van der Waals surface area contributed by atoms with Gasteiger partial charge in [0.15, 0.2) is 6.29 Å². The topological polar surface area (TPSA) is 97.3 Å². The number of hydrogen-bond acceptors (Lipinski definition) is 6. The molecule has 0 aliphatic rings. The van der Waals surface area contributed by atoms with E-state index in [0.29, 0.717) is 17.1 Å². The first kappa shape index (κ1) is 14.6. The van der Waals surface area contributed by atoms with Gasteiger partial charge in [-0.05, 0) is 43.3 Å². The lowest BCUT2D eigenvalue weighted by molar-refractivity contribution is -0.384. The lowest BCUT2D eigenvalue weighted by atomic mass is 10.3. The molecule has 0 fully saturated rings. The van der Waals surface area contributed by atoms with Crippen molar-refractivity contribution >= 4 is 17.1 Å². The fraction of sp³-hybridized carbons (Fsp3) is 0.143. The smallest absolute Gasteiger partial charge is 0.269 e. The van der Waals surface area contributed by atoms with Crippen molar-refractivity contribution in [2.75, 3.05) is 0 Å². The van der Waals surface area contributed by atoms with Crippen LogP contribution in [0, 0.1) is 10.1 Å². The number of aliphatic hydroxyl groups excluding tert-OH is 1. The summed E-state index contributed by atoms with van der Waals surface area (Å²) in [6, 6.07) is 12.5. The minimum Gasteiger partial charge on any atom is -0.465 e. The molecule has 1 unspecified atom stereocenters. The number of azo groups is 1. The molecule has 0 aliphatic carbocycles. The van der Waals surface area contributed by atoms with Crippen molar-refractivity contribution in [2.45, 2.75) is 13.2 Å². The molecule has 0 spiro atoms. The van der Waals surface area contributed by atoms with Crippen molar-refractivity contribution in [3.63, 3.8) is 0 Å². The van der Waals surface area contributed by atoms with Crippen molar-refractivity contribution in [3.05, 3.63) is 58.6 Å². The number of aliphatic hydroxyl groups is 1. The van der Waals surface area contributed by atoms with E-state index in [1.54, 1.807) is 24.3 Å². The Morgan fingerprint density at radius 3 is 1.95 bits per heavy atom. The summed E-state index contributed by atoms with van der Waals surface area (Å²) in [7, 11) is 0. The van der Waals surface area contributed by atoms with E-state index in [0.717, 1.165) is 0 Å². The standard InChI is InChI=1S/C14H13N3O4/c1-10(18)21-14-8-4-12(5-9-14)16-15-11-2-6-13(7-3-11)17(19)20/h2-10,18H,1H3. The second kappa shape index (κ2) is 6.58. The quantitative estimate of drug-likeness (QED) is 0.392. The van der Waals surface area contributed by atoms with Gasteiger partial charge in [-0.3, -0.25) is 10.1 Å². The highest BCUT2D eigenvalue weighted by Gasteiger charge is 2.03. The third-order valence-corrected chi connectivity index (χ3v) is 2.48. The molecule has 0 aliphatic heterocycles. The largest absolute Gasteiger partial charge is 0.465 e. The summed E-state index contributed by atoms with van der Waals surface area (Å²) >= 11 is 0. The Bertz CT molecular complexity index is 636. The number of benzene rings is 2. The first-order valence-electron chi connectivity index (χ1n) is 6.15. The highest BCUT2D eigenvalue weighted by Crippen LogP contribution is 2.23. The van der Waals surface area contributed by atoms with Gasteiger partial charge in [-0.25, -0.2) is 0 Å². The molecule has 1 atom stereocenters. The van der Waals surface area contributed by atoms with E-state index in [9.17, 15) is 10.1 Å². The Morgan fingerprint density at radius 2 is 1.52 bits per heavy atom. The van der Waals surface area contributed by atoms with Crippen LogP contribution in [-0.2, 0) is 0 Å². The maximum Gasteiger partial charge on any atom is 0.269 e. The Balaban J connectivity index is 2.05. The normalized spacial score (nSPS) is 12.3. The van der Waals surface area contributed by atoms with Crippen molar-refractivity contribution < 1.29 is 14.8 Å². The lowest BCUT2D eigenvalue weighted by Gasteiger charge is -2.07. The Labute approximate surface area is 120 Å². The van der Waals surface area contributed by atoms with Crippen LogP contribution in [0.1, 0.15) is 6.92 Å². The highest BCUT2D eigenvalue weighted by atomic mass is 16.6. The molecule has 0 aromatic heterocycles. The molecule has 2 aromatic rings. The number of ether oxygens (including phenoxy) is 1. The van der Waals surface area contributed by atoms with Gasteiger partial charge < -0.3 is 9.84 Å². The molecule has 21 heavy (non-hydrogen) atoms. The molecule has 0 radical (unpaired) electrons. The summed E-state index contributed by atoms with van der Waals surface area (Å²) in [5, 5.41) is 27.6. The summed E-state index contributed by atoms with van der Waals surface area (Å²) in [4.78, 5) is 10.1. The van der Waals surface area contributed by atoms with Gasteiger partial charge in [0.1, 0.15) is 5.75 Å². The van der Waals surface area contributed by atoms with E-state index in [4.69, 9.17) is 9.84 Å². The van der Waals surface area contributed by atoms with E-state index in [1.807, 2.05) is 0 Å². The van der Waals surface area contributed by atoms with Crippen LogP contribution in [0.3, 0.4) is 0 Å². The number of nitro benzene ring substituents is 1. The molecule has 7 nitrogen and oxygen atoms in total. The van der Waals surface area contributed by atoms with E-state index < -0.39 is 11.2 Å². The number of rotatable bonds is 5. The van der Waals surface area contributed by atoms with Crippen molar-refractivity contribution in [1.82, 2.24) is 0 Å². The summed E-state index contributed by atoms with van der Waals surface area (Å²) in [5.74, 6) is 0.527. The molecular formula is C14H13N3O4. The van der Waals surface area contributed by atoms with Crippen molar-refractivity contribution in [2.24, 2.45) is 10.2 Å². The van der Waals surface area contributed by atoms with Crippen molar-refractivity contribution in [3.8, 4) is 5.75 Å². The molecule has 0 saturated carbocycles. The van der Waals surface area contributed by atoms with Crippen LogP contribution in [0.2, 0.25) is 0 Å². The van der Waals surface area contributed by atoms with Crippen LogP contribution < -0.4 is 4.74 Å². The maximum atomic E-state index is 10.5. The Hall–Kier alpha value is -2.80. The molecular weight excluding hydrogens is 274 g/mol. The summed E-state index contributed by atoms with van der Waals surface area (Å²) in [5.41, 5.74) is 1.13. The first-order valence-corrected chi connectivity index (χ1v) is 6.15. The van der Waals surface area contributed by atoms with Gasteiger partial charge in [-0.2, -0.15) is 10.2 Å². The molecule has 7 heteroatoms. The minimum atomic E-state index is -0.877. The zero-order chi connectivity index (χ0) is 15.2. The number of hydrogen-bond donors (Lipinski definition) is 1. The third kappa shape index (κ3) is 4.36. The van der Waals surface area contributed by atoms with E-state index >= 15 is 0 Å². The second-order valence-corrected chi connectivity index (χ2v) is 4.18. The molecule has 0 amide bonds. The third-order valence-electron chi connectivity index (χ3n) is 2.48.